The van der Waals surface area contributed by atoms with Gasteiger partial charge in [0.2, 0.25) is 5.91 Å². The Morgan fingerprint density at radius 1 is 1.33 bits per heavy atom. The zero-order chi connectivity index (χ0) is 10.8. The van der Waals surface area contributed by atoms with Crippen LogP contribution >= 0.6 is 0 Å². The van der Waals surface area contributed by atoms with Crippen molar-refractivity contribution in [1.82, 2.24) is 5.32 Å². The zero-order valence-electron chi connectivity index (χ0n) is 8.97. The summed E-state index contributed by atoms with van der Waals surface area (Å²) in [6.45, 7) is 0. The summed E-state index contributed by atoms with van der Waals surface area (Å²) >= 11 is 0. The molecule has 1 aliphatic heterocycles. The minimum absolute atomic E-state index is 0.00435. The molecule has 4 unspecified atom stereocenters. The summed E-state index contributed by atoms with van der Waals surface area (Å²) in [6, 6.07) is 0.0510. The average molecular weight is 212 g/mol. The van der Waals surface area contributed by atoms with Crippen LogP contribution in [0.4, 0.5) is 0 Å². The van der Waals surface area contributed by atoms with Crippen LogP contribution < -0.4 is 5.32 Å². The van der Waals surface area contributed by atoms with Gasteiger partial charge in [-0.1, -0.05) is 0 Å². The number of nitrogens with one attached hydrogen (secondary N) is 1. The minimum atomic E-state index is -0.0636. The minimum Gasteiger partial charge on any atom is -0.379 e. The van der Waals surface area contributed by atoms with E-state index < -0.39 is 0 Å². The SMILES string of the molecule is COC1CC2N=CNC(=O)C2CC1OC. The average Bonchev–Trinajstić information content (AvgIpc) is 2.28. The number of aliphatic imine (C=N–C) groups is 1. The molecule has 0 bridgehead atoms. The fourth-order valence-corrected chi connectivity index (χ4v) is 2.36. The predicted molar refractivity (Wildman–Crippen MR) is 54.7 cm³/mol. The van der Waals surface area contributed by atoms with Crippen LogP contribution in [0.3, 0.4) is 0 Å². The van der Waals surface area contributed by atoms with Crippen molar-refractivity contribution in [1.29, 1.82) is 0 Å². The lowest BCUT2D eigenvalue weighted by Crippen LogP contribution is -2.51. The molecule has 1 aliphatic carbocycles. The molecule has 5 heteroatoms. The molecule has 1 saturated carbocycles. The van der Waals surface area contributed by atoms with Crippen LogP contribution in [0, 0.1) is 5.92 Å². The first-order chi connectivity index (χ1) is 7.26. The smallest absolute Gasteiger partial charge is 0.230 e. The van der Waals surface area contributed by atoms with E-state index in [1.807, 2.05) is 0 Å². The monoisotopic (exact) mass is 212 g/mol. The van der Waals surface area contributed by atoms with E-state index in [1.54, 1.807) is 14.2 Å². The fourth-order valence-electron chi connectivity index (χ4n) is 2.36. The van der Waals surface area contributed by atoms with Crippen LogP contribution in [0.25, 0.3) is 0 Å². The van der Waals surface area contributed by atoms with Crippen molar-refractivity contribution < 1.29 is 14.3 Å². The van der Waals surface area contributed by atoms with Crippen LogP contribution in [-0.4, -0.2) is 44.7 Å². The maximum atomic E-state index is 11.6. The summed E-state index contributed by atoms with van der Waals surface area (Å²) in [4.78, 5) is 15.9. The molecule has 0 radical (unpaired) electrons. The Morgan fingerprint density at radius 2 is 2.00 bits per heavy atom. The number of carbonyl (C=O) groups is 1. The van der Waals surface area contributed by atoms with Gasteiger partial charge in [0.05, 0.1) is 30.5 Å². The summed E-state index contributed by atoms with van der Waals surface area (Å²) in [7, 11) is 3.32. The van der Waals surface area contributed by atoms with Crippen LogP contribution in [0.15, 0.2) is 4.99 Å². The summed E-state index contributed by atoms with van der Waals surface area (Å²) in [5, 5.41) is 2.63. The molecular formula is C10H16N2O3. The molecule has 0 spiro atoms. The molecule has 1 fully saturated rings. The number of fused-ring (bicyclic) bond motifs is 1. The lowest BCUT2D eigenvalue weighted by molar-refractivity contribution is -0.132. The number of nitrogens with zero attached hydrogens (tertiary/aromatic N) is 1. The van der Waals surface area contributed by atoms with E-state index in [0.29, 0.717) is 6.42 Å². The van der Waals surface area contributed by atoms with Crippen molar-refractivity contribution in [2.75, 3.05) is 14.2 Å². The predicted octanol–water partition coefficient (Wildman–Crippen LogP) is -0.0469. The Hall–Kier alpha value is -0.940. The van der Waals surface area contributed by atoms with Crippen molar-refractivity contribution >= 4 is 12.2 Å². The molecule has 0 aromatic heterocycles. The molecule has 84 valence electrons. The van der Waals surface area contributed by atoms with Gasteiger partial charge in [0.15, 0.2) is 0 Å². The Morgan fingerprint density at radius 3 is 2.67 bits per heavy atom. The number of carbonyl (C=O) groups excluding carboxylic acids is 1. The Balaban J connectivity index is 2.12. The van der Waals surface area contributed by atoms with Crippen molar-refractivity contribution in [2.45, 2.75) is 31.1 Å². The van der Waals surface area contributed by atoms with Crippen LogP contribution in [0.1, 0.15) is 12.8 Å². The zero-order valence-corrected chi connectivity index (χ0v) is 8.97. The van der Waals surface area contributed by atoms with Gasteiger partial charge in [0, 0.05) is 14.2 Å². The third-order valence-corrected chi connectivity index (χ3v) is 3.25. The molecule has 1 amide bonds. The lowest BCUT2D eigenvalue weighted by atomic mass is 9.80. The molecule has 0 saturated heterocycles. The van der Waals surface area contributed by atoms with E-state index in [-0.39, 0.29) is 30.1 Å². The van der Waals surface area contributed by atoms with Gasteiger partial charge >= 0.3 is 0 Å². The van der Waals surface area contributed by atoms with Crippen LogP contribution in [-0.2, 0) is 14.3 Å². The quantitative estimate of drug-likeness (QED) is 0.698. The van der Waals surface area contributed by atoms with Gasteiger partial charge in [-0.3, -0.25) is 9.79 Å². The van der Waals surface area contributed by atoms with Gasteiger partial charge in [-0.15, -0.1) is 0 Å². The molecule has 0 aromatic carbocycles. The van der Waals surface area contributed by atoms with Gasteiger partial charge in [0.1, 0.15) is 0 Å². The first kappa shape index (κ1) is 10.6. The van der Waals surface area contributed by atoms with E-state index in [0.717, 1.165) is 6.42 Å². The van der Waals surface area contributed by atoms with Crippen molar-refractivity contribution in [2.24, 2.45) is 10.9 Å². The van der Waals surface area contributed by atoms with Gasteiger partial charge in [-0.25, -0.2) is 0 Å². The molecule has 15 heavy (non-hydrogen) atoms. The van der Waals surface area contributed by atoms with E-state index in [1.165, 1.54) is 6.34 Å². The lowest BCUT2D eigenvalue weighted by Gasteiger charge is -2.38. The number of hydrogen-bond acceptors (Lipinski definition) is 4. The maximum absolute atomic E-state index is 11.6. The topological polar surface area (TPSA) is 59.9 Å². The summed E-state index contributed by atoms with van der Waals surface area (Å²) in [6.07, 6.45) is 2.96. The standard InChI is InChI=1S/C10H16N2O3/c1-14-8-3-6-7(4-9(8)15-2)11-5-12-10(6)13/h5-9H,3-4H2,1-2H3,(H,11,12,13). The second-order valence-electron chi connectivity index (χ2n) is 3.98. The molecule has 2 rings (SSSR count). The highest BCUT2D eigenvalue weighted by atomic mass is 16.5. The second-order valence-corrected chi connectivity index (χ2v) is 3.98. The normalized spacial score (nSPS) is 39.7. The molecule has 2 aliphatic rings. The molecular weight excluding hydrogens is 196 g/mol. The molecule has 4 atom stereocenters. The Bertz CT molecular complexity index is 280. The Labute approximate surface area is 88.8 Å². The third kappa shape index (κ3) is 1.89. The van der Waals surface area contributed by atoms with Crippen LogP contribution in [0.5, 0.6) is 0 Å². The first-order valence-corrected chi connectivity index (χ1v) is 5.14. The second kappa shape index (κ2) is 4.28. The molecule has 5 nitrogen and oxygen atoms in total. The van der Waals surface area contributed by atoms with Gasteiger partial charge in [-0.05, 0) is 12.8 Å². The number of ether oxygens (including phenoxy) is 2. The van der Waals surface area contributed by atoms with Crippen molar-refractivity contribution in [3.8, 4) is 0 Å². The van der Waals surface area contributed by atoms with Gasteiger partial charge < -0.3 is 14.8 Å². The number of rotatable bonds is 2. The molecule has 1 N–H and O–H groups in total. The van der Waals surface area contributed by atoms with Crippen molar-refractivity contribution in [3.63, 3.8) is 0 Å². The van der Waals surface area contributed by atoms with Gasteiger partial charge in [0.25, 0.3) is 0 Å². The van der Waals surface area contributed by atoms with E-state index in [9.17, 15) is 4.79 Å². The highest BCUT2D eigenvalue weighted by Gasteiger charge is 2.41. The number of amides is 1. The largest absolute Gasteiger partial charge is 0.379 e. The van der Waals surface area contributed by atoms with Crippen molar-refractivity contribution in [3.05, 3.63) is 0 Å². The summed E-state index contributed by atoms with van der Waals surface area (Å²) in [5.41, 5.74) is 0. The number of hydrogen-bond donors (Lipinski definition) is 1. The highest BCUT2D eigenvalue weighted by Crippen LogP contribution is 2.31. The summed E-state index contributed by atoms with van der Waals surface area (Å²) < 4.78 is 10.7. The van der Waals surface area contributed by atoms with E-state index in [2.05, 4.69) is 10.3 Å². The molecule has 0 aromatic rings. The highest BCUT2D eigenvalue weighted by molar-refractivity contribution is 5.91. The Kier molecular flexibility index (Phi) is 3.02. The molecule has 1 heterocycles. The van der Waals surface area contributed by atoms with E-state index >= 15 is 0 Å². The number of methoxy groups -OCH3 is 2. The van der Waals surface area contributed by atoms with Gasteiger partial charge in [-0.2, -0.15) is 0 Å². The fraction of sp³-hybridized carbons (Fsp3) is 0.800. The van der Waals surface area contributed by atoms with E-state index in [4.69, 9.17) is 9.47 Å². The maximum Gasteiger partial charge on any atom is 0.230 e. The summed E-state index contributed by atoms with van der Waals surface area (Å²) in [5.74, 6) is -0.0158. The van der Waals surface area contributed by atoms with Crippen LogP contribution in [0.2, 0.25) is 0 Å². The first-order valence-electron chi connectivity index (χ1n) is 5.14. The third-order valence-electron chi connectivity index (χ3n) is 3.25.